The number of methoxy groups -OCH3 is 5. The minimum Gasteiger partial charge on any atom is -0.543 e. The van der Waals surface area contributed by atoms with Crippen LogP contribution in [0.5, 0.6) is 11.5 Å². The molecule has 131 heavy (non-hydrogen) atoms. The van der Waals surface area contributed by atoms with Crippen LogP contribution in [0.25, 0.3) is 0 Å². The summed E-state index contributed by atoms with van der Waals surface area (Å²) in [5, 5.41) is 0.132. The van der Waals surface area contributed by atoms with E-state index in [2.05, 4.69) is 46.9 Å². The van der Waals surface area contributed by atoms with E-state index in [0.717, 1.165) is 112 Å². The van der Waals surface area contributed by atoms with Crippen LogP contribution in [0.3, 0.4) is 0 Å². The van der Waals surface area contributed by atoms with Crippen LogP contribution >= 0.6 is 0 Å². The highest BCUT2D eigenvalue weighted by atomic mass is 28.4. The number of piperidine rings is 1. The summed E-state index contributed by atoms with van der Waals surface area (Å²) < 4.78 is 48.5. The number of amides is 2. The average Bonchev–Trinajstić information content (AvgIpc) is 1.79. The summed E-state index contributed by atoms with van der Waals surface area (Å²) in [5.74, 6) is 4.08. The molecule has 2 aromatic rings. The van der Waals surface area contributed by atoms with Crippen LogP contribution < -0.4 is 37.8 Å². The molecule has 0 aromatic heterocycles. The van der Waals surface area contributed by atoms with Crippen molar-refractivity contribution in [3.63, 3.8) is 0 Å². The molecule has 23 nitrogen and oxygen atoms in total. The van der Waals surface area contributed by atoms with Gasteiger partial charge in [0.2, 0.25) is 8.32 Å². The number of carbonyl (C=O) groups excluding carboxylic acids is 7. The summed E-state index contributed by atoms with van der Waals surface area (Å²) in [6, 6.07) is 16.0. The molecule has 2 heterocycles. The number of hydrogen-bond donors (Lipinski definition) is 5. The van der Waals surface area contributed by atoms with Crippen molar-refractivity contribution in [1.29, 1.82) is 0 Å². The number of nitrogens with zero attached hydrogens (tertiary/aromatic N) is 2. The molecule has 2 aromatic carbocycles. The number of hydrogen-bond acceptors (Lipinski definition) is 21. The number of benzene rings is 2. The minimum absolute atomic E-state index is 0.132. The second kappa shape index (κ2) is 55.8. The van der Waals surface area contributed by atoms with E-state index in [1.165, 1.54) is 214 Å². The standard InChI is InChI=1S/C24H41NO3Si.C22H40N2O4.C22H35NO3.C21H38N2O4.C18H31NO2/c1-23(2,3)29(5,6)28-21-14-10-13-20(17-21)18-24(25,22(26)27-4)16-15-19-11-8-7-9-12-19;1-21(2,3)28-20(26)24-14-8-11-18(16-24)15-22(23,19(25)27-4)13-12-17-9-6-5-7-10-17;1-3-4-15-26-20-12-8-11-19(16-20)17-22(23,21(24)25-2)14-13-18-9-6-5-7-10-18;1-20(2,3)27-19(25)23-13-11-17(15-23)14-21(22,18(24)26-4)12-10-16-8-6-5-7-9-16;1-21-17(20)18(19,14-16-10-6-3-7-11-16)13-12-15-8-4-2-5-9-15/h10,13-14,17,19H,7-9,11-12,15-16,18,25H2,1-6H3;17-18H,5-16,23H2,1-4H3;8,11-12,16,18H,3-7,9-10,13-15,17,23H2,1-2H3;16-17H,5-15,22H2,1-4H3;10,15H,2-9,11-14,19H2,1H3. The van der Waals surface area contributed by atoms with Gasteiger partial charge in [-0.2, -0.15) is 0 Å². The van der Waals surface area contributed by atoms with E-state index in [-0.39, 0.29) is 58.9 Å². The van der Waals surface area contributed by atoms with E-state index in [9.17, 15) is 33.6 Å². The quantitative estimate of drug-likeness (QED) is 0.0139. The lowest BCUT2D eigenvalue weighted by Crippen LogP contribution is -2.52. The molecule has 0 radical (unpaired) electrons. The molecular formula is C107H185N7O16Si. The van der Waals surface area contributed by atoms with Crippen molar-refractivity contribution in [2.75, 3.05) is 68.3 Å². The van der Waals surface area contributed by atoms with Crippen LogP contribution in [0.2, 0.25) is 18.1 Å². The van der Waals surface area contributed by atoms with Gasteiger partial charge in [-0.3, -0.25) is 24.0 Å². The van der Waals surface area contributed by atoms with Gasteiger partial charge in [-0.1, -0.05) is 231 Å². The van der Waals surface area contributed by atoms with E-state index in [4.69, 9.17) is 71.0 Å². The van der Waals surface area contributed by atoms with Gasteiger partial charge in [-0.25, -0.2) is 9.59 Å². The van der Waals surface area contributed by atoms with Gasteiger partial charge in [0, 0.05) is 39.0 Å². The molecule has 748 valence electrons. The first kappa shape index (κ1) is 113. The van der Waals surface area contributed by atoms with E-state index in [1.54, 1.807) is 9.80 Å². The first-order valence-corrected chi connectivity index (χ1v) is 54.3. The Morgan fingerprint density at radius 2 is 0.718 bits per heavy atom. The summed E-state index contributed by atoms with van der Waals surface area (Å²) >= 11 is 0. The predicted molar refractivity (Wildman–Crippen MR) is 529 cm³/mol. The number of allylic oxidation sites excluding steroid dienone is 1. The van der Waals surface area contributed by atoms with Crippen molar-refractivity contribution in [2.24, 2.45) is 70.1 Å². The Labute approximate surface area is 793 Å². The SMILES string of the molecule is CCCCOc1cccc(CC(N)(CCC2CCCCC2)C(=O)OC)c1.COC(=O)C(N)(CCC1CCCCC1)CC1=CCCCC1.COC(=O)C(N)(CCC1CCCCC1)CC1CCCN(C(=O)OC(C)(C)C)C1.COC(=O)C(N)(CCC1CCCCC1)CC1CCN(C(=O)OC(C)(C)C)C1.COC(=O)C(N)(CCC1CCCCC1)Cc1cccc(O[Si](C)(C)C(C)(C)C)c1. The van der Waals surface area contributed by atoms with Crippen LogP contribution in [0.1, 0.15) is 382 Å². The zero-order valence-electron chi connectivity index (χ0n) is 85.2. The Balaban J connectivity index is 0.000000253. The summed E-state index contributed by atoms with van der Waals surface area (Å²) in [4.78, 5) is 90.4. The topological polar surface area (TPSA) is 339 Å². The molecule has 2 aliphatic heterocycles. The van der Waals surface area contributed by atoms with Gasteiger partial charge in [0.05, 0.1) is 42.2 Å². The maximum Gasteiger partial charge on any atom is 0.410 e. The molecule has 2 amide bonds. The Morgan fingerprint density at radius 3 is 1.06 bits per heavy atom. The maximum atomic E-state index is 12.6. The highest BCUT2D eigenvalue weighted by Crippen LogP contribution is 2.42. The molecule has 10 N–H and O–H groups in total. The van der Waals surface area contributed by atoms with Crippen LogP contribution in [-0.4, -0.2) is 167 Å². The third kappa shape index (κ3) is 40.5. The summed E-state index contributed by atoms with van der Waals surface area (Å²) in [6.07, 6.45) is 54.9. The fourth-order valence-corrected chi connectivity index (χ4v) is 21.8. The van der Waals surface area contributed by atoms with Gasteiger partial charge in [0.25, 0.3) is 0 Å². The molecule has 6 aliphatic carbocycles. The second-order valence-corrected chi connectivity index (χ2v) is 49.1. The average molecular weight is 1850 g/mol. The van der Waals surface area contributed by atoms with Gasteiger partial charge in [0.15, 0.2) is 0 Å². The van der Waals surface area contributed by atoms with Crippen LogP contribution in [0.15, 0.2) is 60.2 Å². The molecule has 2 saturated heterocycles. The first-order chi connectivity index (χ1) is 61.9. The van der Waals surface area contributed by atoms with Crippen molar-refractivity contribution in [3.8, 4) is 11.5 Å². The highest BCUT2D eigenvalue weighted by molar-refractivity contribution is 6.74. The van der Waals surface area contributed by atoms with E-state index in [1.807, 2.05) is 90.1 Å². The summed E-state index contributed by atoms with van der Waals surface area (Å²) in [5.41, 5.74) is 30.6. The number of carbonyl (C=O) groups is 7. The lowest BCUT2D eigenvalue weighted by molar-refractivity contribution is -0.149. The fraction of sp³-hybridized carbons (Fsp3) is 0.804. The molecule has 0 spiro atoms. The number of esters is 5. The van der Waals surface area contributed by atoms with Crippen LogP contribution in [0, 0.1) is 41.4 Å². The first-order valence-electron chi connectivity index (χ1n) is 51.4. The van der Waals surface area contributed by atoms with E-state index >= 15 is 0 Å². The van der Waals surface area contributed by atoms with Gasteiger partial charge >= 0.3 is 42.0 Å². The molecule has 5 saturated carbocycles. The Kier molecular flexibility index (Phi) is 48.3. The van der Waals surface area contributed by atoms with Crippen molar-refractivity contribution in [2.45, 2.75) is 441 Å². The van der Waals surface area contributed by atoms with Crippen LogP contribution in [0.4, 0.5) is 9.59 Å². The van der Waals surface area contributed by atoms with E-state index in [0.29, 0.717) is 114 Å². The number of nitrogens with two attached hydrogens (primary N) is 5. The number of ether oxygens (including phenoxy) is 8. The lowest BCUT2D eigenvalue weighted by atomic mass is 9.77. The molecule has 7 fully saturated rings. The third-order valence-corrected chi connectivity index (χ3v) is 34.1. The van der Waals surface area contributed by atoms with Crippen molar-refractivity contribution in [3.05, 3.63) is 71.3 Å². The smallest absolute Gasteiger partial charge is 0.410 e. The number of unbranched alkanes of at least 4 members (excludes halogenated alkanes) is 1. The monoisotopic (exact) mass is 1850 g/mol. The zero-order valence-corrected chi connectivity index (χ0v) is 86.2. The molecule has 7 atom stereocenters. The van der Waals surface area contributed by atoms with Gasteiger partial charge in [-0.05, 0) is 271 Å². The normalized spacial score (nSPS) is 21.2. The Bertz CT molecular complexity index is 3740. The van der Waals surface area contributed by atoms with Crippen molar-refractivity contribution < 1.29 is 75.9 Å². The largest absolute Gasteiger partial charge is 0.543 e. The molecule has 7 unspecified atom stereocenters. The van der Waals surface area contributed by atoms with E-state index < -0.39 is 47.2 Å². The van der Waals surface area contributed by atoms with Gasteiger partial charge in [-0.15, -0.1) is 0 Å². The lowest BCUT2D eigenvalue weighted by Gasteiger charge is -2.38. The molecule has 10 rings (SSSR count). The molecular weight excluding hydrogens is 1670 g/mol. The van der Waals surface area contributed by atoms with Gasteiger partial charge in [0.1, 0.15) is 50.4 Å². The Morgan fingerprint density at radius 1 is 0.389 bits per heavy atom. The van der Waals surface area contributed by atoms with Crippen molar-refractivity contribution >= 4 is 50.4 Å². The second-order valence-electron chi connectivity index (χ2n) is 44.4. The summed E-state index contributed by atoms with van der Waals surface area (Å²) in [6.45, 7) is 27.8. The van der Waals surface area contributed by atoms with Crippen LogP contribution in [-0.2, 0) is 70.0 Å². The molecule has 24 heteroatoms. The number of likely N-dealkylation sites (tertiary alicyclic amines) is 2. The van der Waals surface area contributed by atoms with Gasteiger partial charge < -0.3 is 80.8 Å². The maximum absolute atomic E-state index is 12.6. The minimum atomic E-state index is -1.92. The molecule has 0 bridgehead atoms. The third-order valence-electron chi connectivity index (χ3n) is 29.7. The number of rotatable bonds is 36. The summed E-state index contributed by atoms with van der Waals surface area (Å²) in [7, 11) is 5.22. The highest BCUT2D eigenvalue weighted by Gasteiger charge is 2.46. The molecule has 8 aliphatic rings. The predicted octanol–water partition coefficient (Wildman–Crippen LogP) is 22.7. The zero-order chi connectivity index (χ0) is 96.5. The fourth-order valence-electron chi connectivity index (χ4n) is 20.8. The van der Waals surface area contributed by atoms with Crippen molar-refractivity contribution in [1.82, 2.24) is 9.80 Å². The Hall–Kier alpha value is -6.31.